The average molecular weight is 348 g/mol. The van der Waals surface area contributed by atoms with Crippen LogP contribution >= 0.6 is 0 Å². The van der Waals surface area contributed by atoms with Crippen LogP contribution in [0.1, 0.15) is 55.8 Å². The number of amides is 2. The van der Waals surface area contributed by atoms with Gasteiger partial charge in [-0.15, -0.1) is 0 Å². The van der Waals surface area contributed by atoms with E-state index in [9.17, 15) is 19.1 Å². The van der Waals surface area contributed by atoms with Gasteiger partial charge >= 0.3 is 0 Å². The molecule has 3 rings (SSSR count). The Morgan fingerprint density at radius 1 is 1.28 bits per heavy atom. The van der Waals surface area contributed by atoms with Gasteiger partial charge in [0.2, 0.25) is 5.91 Å². The number of rotatable bonds is 5. The minimum Gasteiger partial charge on any atom is -0.388 e. The summed E-state index contributed by atoms with van der Waals surface area (Å²) in [5.41, 5.74) is -0.506. The zero-order chi connectivity index (χ0) is 18.0. The van der Waals surface area contributed by atoms with Crippen molar-refractivity contribution in [3.63, 3.8) is 0 Å². The molecule has 2 saturated carbocycles. The summed E-state index contributed by atoms with van der Waals surface area (Å²) >= 11 is 0. The summed E-state index contributed by atoms with van der Waals surface area (Å²) < 4.78 is 13.6. The summed E-state index contributed by atoms with van der Waals surface area (Å²) in [5, 5.41) is 15.9. The Hall–Kier alpha value is -1.95. The van der Waals surface area contributed by atoms with E-state index in [1.807, 2.05) is 6.92 Å². The molecule has 2 aliphatic carbocycles. The zero-order valence-electron chi connectivity index (χ0n) is 14.5. The number of halogens is 1. The first-order valence-electron chi connectivity index (χ1n) is 8.99. The summed E-state index contributed by atoms with van der Waals surface area (Å²) in [6.07, 6.45) is 5.11. The standard InChI is InChI=1S/C19H25FN2O3/c1-12-9-14(12)18(24)22-16-6-5-13(20)10-15(16)17(23)21-11-19(25)7-3-2-4-8-19/h5-6,10,12,14,25H,2-4,7-9,11H2,1H3,(H,21,23)(H,22,24). The van der Waals surface area contributed by atoms with Gasteiger partial charge in [-0.1, -0.05) is 26.2 Å². The number of aliphatic hydroxyl groups is 1. The summed E-state index contributed by atoms with van der Waals surface area (Å²) in [7, 11) is 0. The van der Waals surface area contributed by atoms with E-state index in [1.54, 1.807) is 0 Å². The summed E-state index contributed by atoms with van der Waals surface area (Å²) in [4.78, 5) is 24.6. The van der Waals surface area contributed by atoms with Gasteiger partial charge in [-0.3, -0.25) is 9.59 Å². The van der Waals surface area contributed by atoms with Gasteiger partial charge in [0.15, 0.2) is 0 Å². The predicted molar refractivity (Wildman–Crippen MR) is 92.7 cm³/mol. The van der Waals surface area contributed by atoms with Crippen molar-refractivity contribution in [1.82, 2.24) is 5.32 Å². The zero-order valence-corrected chi connectivity index (χ0v) is 14.5. The molecule has 6 heteroatoms. The highest BCUT2D eigenvalue weighted by Crippen LogP contribution is 2.38. The third-order valence-corrected chi connectivity index (χ3v) is 5.29. The highest BCUT2D eigenvalue weighted by Gasteiger charge is 2.39. The van der Waals surface area contributed by atoms with Gasteiger partial charge in [-0.2, -0.15) is 0 Å². The molecule has 0 saturated heterocycles. The molecule has 3 N–H and O–H groups in total. The Kier molecular flexibility index (Phi) is 5.08. The molecule has 2 atom stereocenters. The topological polar surface area (TPSA) is 78.4 Å². The maximum Gasteiger partial charge on any atom is 0.253 e. The Bertz CT molecular complexity index is 671. The molecule has 25 heavy (non-hydrogen) atoms. The molecular weight excluding hydrogens is 323 g/mol. The van der Waals surface area contributed by atoms with Crippen LogP contribution in [0.3, 0.4) is 0 Å². The van der Waals surface area contributed by atoms with Gasteiger partial charge in [0.25, 0.3) is 5.91 Å². The number of hydrogen-bond donors (Lipinski definition) is 3. The molecule has 1 aromatic carbocycles. The van der Waals surface area contributed by atoms with E-state index in [4.69, 9.17) is 0 Å². The van der Waals surface area contributed by atoms with Gasteiger partial charge in [-0.25, -0.2) is 4.39 Å². The molecule has 0 aliphatic heterocycles. The SMILES string of the molecule is CC1CC1C(=O)Nc1ccc(F)cc1C(=O)NCC1(O)CCCCC1. The second-order valence-electron chi connectivity index (χ2n) is 7.47. The van der Waals surface area contributed by atoms with Crippen LogP contribution in [0.4, 0.5) is 10.1 Å². The molecule has 2 amide bonds. The molecule has 0 bridgehead atoms. The predicted octanol–water partition coefficient (Wildman–Crippen LogP) is 2.85. The van der Waals surface area contributed by atoms with Crippen molar-refractivity contribution in [2.75, 3.05) is 11.9 Å². The van der Waals surface area contributed by atoms with E-state index in [-0.39, 0.29) is 23.9 Å². The largest absolute Gasteiger partial charge is 0.388 e. The number of anilines is 1. The van der Waals surface area contributed by atoms with Crippen molar-refractivity contribution in [3.05, 3.63) is 29.6 Å². The molecule has 2 unspecified atom stereocenters. The van der Waals surface area contributed by atoms with Crippen LogP contribution in [0.2, 0.25) is 0 Å². The Morgan fingerprint density at radius 3 is 2.60 bits per heavy atom. The number of hydrogen-bond acceptors (Lipinski definition) is 3. The fraction of sp³-hybridized carbons (Fsp3) is 0.579. The van der Waals surface area contributed by atoms with E-state index in [0.29, 0.717) is 24.4 Å². The molecule has 0 aromatic heterocycles. The van der Waals surface area contributed by atoms with Crippen molar-refractivity contribution in [3.8, 4) is 0 Å². The van der Waals surface area contributed by atoms with Crippen molar-refractivity contribution in [2.24, 2.45) is 11.8 Å². The van der Waals surface area contributed by atoms with Crippen molar-refractivity contribution >= 4 is 17.5 Å². The van der Waals surface area contributed by atoms with Gasteiger partial charge in [0.1, 0.15) is 5.82 Å². The van der Waals surface area contributed by atoms with Gasteiger partial charge in [-0.05, 0) is 43.4 Å². The number of benzene rings is 1. The molecule has 0 radical (unpaired) electrons. The molecule has 1 aromatic rings. The van der Waals surface area contributed by atoms with E-state index < -0.39 is 17.3 Å². The first-order valence-corrected chi connectivity index (χ1v) is 8.99. The van der Waals surface area contributed by atoms with Crippen LogP contribution < -0.4 is 10.6 Å². The number of carbonyl (C=O) groups is 2. The van der Waals surface area contributed by atoms with Crippen LogP contribution in [0.25, 0.3) is 0 Å². The number of carbonyl (C=O) groups excluding carboxylic acids is 2. The normalized spacial score (nSPS) is 24.4. The van der Waals surface area contributed by atoms with Crippen molar-refractivity contribution in [2.45, 2.75) is 51.0 Å². The van der Waals surface area contributed by atoms with Crippen LogP contribution in [0.15, 0.2) is 18.2 Å². The van der Waals surface area contributed by atoms with Crippen LogP contribution in [-0.2, 0) is 4.79 Å². The lowest BCUT2D eigenvalue weighted by Crippen LogP contribution is -2.44. The monoisotopic (exact) mass is 348 g/mol. The second kappa shape index (κ2) is 7.12. The maximum atomic E-state index is 13.6. The molecule has 136 valence electrons. The Labute approximate surface area is 147 Å². The van der Waals surface area contributed by atoms with E-state index >= 15 is 0 Å². The first-order chi connectivity index (χ1) is 11.9. The summed E-state index contributed by atoms with van der Waals surface area (Å²) in [6.45, 7) is 2.13. The maximum absolute atomic E-state index is 13.6. The molecule has 5 nitrogen and oxygen atoms in total. The van der Waals surface area contributed by atoms with E-state index in [2.05, 4.69) is 10.6 Å². The minimum absolute atomic E-state index is 0.0380. The third kappa shape index (κ3) is 4.37. The fourth-order valence-electron chi connectivity index (χ4n) is 3.45. The quantitative estimate of drug-likeness (QED) is 0.766. The summed E-state index contributed by atoms with van der Waals surface area (Å²) in [5.74, 6) is -0.863. The van der Waals surface area contributed by atoms with Gasteiger partial charge in [0.05, 0.1) is 16.9 Å². The second-order valence-corrected chi connectivity index (χ2v) is 7.47. The van der Waals surface area contributed by atoms with Crippen LogP contribution in [0.5, 0.6) is 0 Å². The molecule has 0 spiro atoms. The molecule has 0 heterocycles. The van der Waals surface area contributed by atoms with Gasteiger partial charge in [0, 0.05) is 12.5 Å². The lowest BCUT2D eigenvalue weighted by atomic mass is 9.85. The molecular formula is C19H25FN2O3. The summed E-state index contributed by atoms with van der Waals surface area (Å²) in [6, 6.07) is 3.74. The number of nitrogens with one attached hydrogen (secondary N) is 2. The lowest BCUT2D eigenvalue weighted by Gasteiger charge is -2.32. The molecule has 2 aliphatic rings. The Balaban J connectivity index is 1.68. The highest BCUT2D eigenvalue weighted by molar-refractivity contribution is 6.04. The minimum atomic E-state index is -0.895. The van der Waals surface area contributed by atoms with Crippen molar-refractivity contribution < 1.29 is 19.1 Å². The van der Waals surface area contributed by atoms with Gasteiger partial charge < -0.3 is 15.7 Å². The van der Waals surface area contributed by atoms with E-state index in [0.717, 1.165) is 31.7 Å². The average Bonchev–Trinajstić information content (AvgIpc) is 3.32. The van der Waals surface area contributed by atoms with Crippen LogP contribution in [-0.4, -0.2) is 29.1 Å². The third-order valence-electron chi connectivity index (χ3n) is 5.29. The van der Waals surface area contributed by atoms with E-state index in [1.165, 1.54) is 12.1 Å². The smallest absolute Gasteiger partial charge is 0.253 e. The fourth-order valence-corrected chi connectivity index (χ4v) is 3.45. The highest BCUT2D eigenvalue weighted by atomic mass is 19.1. The first kappa shape index (κ1) is 17.9. The van der Waals surface area contributed by atoms with Crippen LogP contribution in [0, 0.1) is 17.7 Å². The lowest BCUT2D eigenvalue weighted by molar-refractivity contribution is -0.117. The van der Waals surface area contributed by atoms with Crippen molar-refractivity contribution in [1.29, 1.82) is 0 Å². The Morgan fingerprint density at radius 2 is 1.96 bits per heavy atom. The molecule has 2 fully saturated rings.